The summed E-state index contributed by atoms with van der Waals surface area (Å²) < 4.78 is 5.95. The fourth-order valence-electron chi connectivity index (χ4n) is 2.03. The van der Waals surface area contributed by atoms with Crippen molar-refractivity contribution in [3.05, 3.63) is 53.1 Å². The van der Waals surface area contributed by atoms with Crippen LogP contribution in [-0.4, -0.2) is 0 Å². The van der Waals surface area contributed by atoms with Crippen LogP contribution in [0.3, 0.4) is 0 Å². The second-order valence-electron chi connectivity index (χ2n) is 4.65. The van der Waals surface area contributed by atoms with Gasteiger partial charge in [0.2, 0.25) is 0 Å². The number of ether oxygens (including phenoxy) is 1. The Labute approximate surface area is 111 Å². The summed E-state index contributed by atoms with van der Waals surface area (Å²) in [6.07, 6.45) is 1.05. The van der Waals surface area contributed by atoms with Crippen LogP contribution >= 0.6 is 9.24 Å². The third-order valence-electron chi connectivity index (χ3n) is 2.91. The maximum Gasteiger partial charge on any atom is 0.134 e. The fourth-order valence-corrected chi connectivity index (χ4v) is 2.40. The first kappa shape index (κ1) is 13.1. The van der Waals surface area contributed by atoms with Crippen molar-refractivity contribution in [3.63, 3.8) is 0 Å². The maximum absolute atomic E-state index is 5.95. The summed E-state index contributed by atoms with van der Waals surface area (Å²) in [5, 5.41) is 1.11. The van der Waals surface area contributed by atoms with E-state index in [4.69, 9.17) is 4.74 Å². The van der Waals surface area contributed by atoms with Crippen molar-refractivity contribution in [1.82, 2.24) is 0 Å². The lowest BCUT2D eigenvalue weighted by Crippen LogP contribution is -2.00. The molecular formula is C16H19OP. The van der Waals surface area contributed by atoms with Gasteiger partial charge in [-0.15, -0.1) is 9.24 Å². The fraction of sp³-hybridized carbons (Fsp3) is 0.250. The SMILES string of the molecule is CCc1ccc(Oc2cc(C)cc(C)c2)c(P)c1. The first-order valence-corrected chi connectivity index (χ1v) is 6.81. The minimum absolute atomic E-state index is 0.903. The van der Waals surface area contributed by atoms with Gasteiger partial charge in [0.25, 0.3) is 0 Å². The molecular weight excluding hydrogens is 239 g/mol. The molecule has 0 saturated carbocycles. The van der Waals surface area contributed by atoms with Crippen molar-refractivity contribution >= 4 is 14.5 Å². The molecule has 0 amide bonds. The van der Waals surface area contributed by atoms with Crippen molar-refractivity contribution < 1.29 is 4.74 Å². The zero-order chi connectivity index (χ0) is 13.1. The molecule has 1 unspecified atom stereocenters. The lowest BCUT2D eigenvalue weighted by molar-refractivity contribution is 0.486. The van der Waals surface area contributed by atoms with E-state index in [1.165, 1.54) is 16.7 Å². The Bertz CT molecular complexity index is 541. The number of aryl methyl sites for hydroxylation is 3. The topological polar surface area (TPSA) is 9.23 Å². The van der Waals surface area contributed by atoms with Crippen LogP contribution in [0.2, 0.25) is 0 Å². The van der Waals surface area contributed by atoms with Gasteiger partial charge in [0, 0.05) is 5.30 Å². The molecule has 0 heterocycles. The van der Waals surface area contributed by atoms with Crippen LogP contribution in [-0.2, 0) is 6.42 Å². The van der Waals surface area contributed by atoms with Gasteiger partial charge in [-0.3, -0.25) is 0 Å². The largest absolute Gasteiger partial charge is 0.457 e. The van der Waals surface area contributed by atoms with Crippen molar-refractivity contribution in [2.45, 2.75) is 27.2 Å². The van der Waals surface area contributed by atoms with E-state index >= 15 is 0 Å². The van der Waals surface area contributed by atoms with Gasteiger partial charge in [-0.05, 0) is 61.2 Å². The molecule has 2 rings (SSSR count). The molecule has 94 valence electrons. The van der Waals surface area contributed by atoms with E-state index in [0.29, 0.717) is 0 Å². The Hall–Kier alpha value is -1.33. The van der Waals surface area contributed by atoms with Crippen molar-refractivity contribution in [2.75, 3.05) is 0 Å². The Morgan fingerprint density at radius 2 is 1.67 bits per heavy atom. The molecule has 0 aliphatic carbocycles. The van der Waals surface area contributed by atoms with Gasteiger partial charge >= 0.3 is 0 Å². The van der Waals surface area contributed by atoms with Crippen molar-refractivity contribution in [1.29, 1.82) is 0 Å². The Balaban J connectivity index is 2.28. The summed E-state index contributed by atoms with van der Waals surface area (Å²) in [5.41, 5.74) is 3.77. The number of rotatable bonds is 3. The zero-order valence-electron chi connectivity index (χ0n) is 11.2. The minimum atomic E-state index is 0.903. The third kappa shape index (κ3) is 3.11. The molecule has 0 aliphatic rings. The smallest absolute Gasteiger partial charge is 0.134 e. The molecule has 0 bridgehead atoms. The average Bonchev–Trinajstić information content (AvgIpc) is 2.30. The van der Waals surface area contributed by atoms with Gasteiger partial charge in [0.05, 0.1) is 0 Å². The van der Waals surface area contributed by atoms with E-state index in [-0.39, 0.29) is 0 Å². The molecule has 1 nitrogen and oxygen atoms in total. The highest BCUT2D eigenvalue weighted by Crippen LogP contribution is 2.24. The lowest BCUT2D eigenvalue weighted by atomic mass is 10.1. The molecule has 0 aromatic heterocycles. The summed E-state index contributed by atoms with van der Waals surface area (Å²) in [6.45, 7) is 6.33. The van der Waals surface area contributed by atoms with E-state index in [1.807, 2.05) is 6.07 Å². The van der Waals surface area contributed by atoms with Crippen LogP contribution in [0.25, 0.3) is 0 Å². The van der Waals surface area contributed by atoms with Gasteiger partial charge in [0.15, 0.2) is 0 Å². The van der Waals surface area contributed by atoms with Crippen LogP contribution in [0.4, 0.5) is 0 Å². The normalized spacial score (nSPS) is 10.4. The van der Waals surface area contributed by atoms with Gasteiger partial charge < -0.3 is 4.74 Å². The summed E-state index contributed by atoms with van der Waals surface area (Å²) in [5.74, 6) is 1.81. The molecule has 2 aromatic rings. The molecule has 1 atom stereocenters. The molecule has 18 heavy (non-hydrogen) atoms. The quantitative estimate of drug-likeness (QED) is 0.751. The predicted molar refractivity (Wildman–Crippen MR) is 81.2 cm³/mol. The van der Waals surface area contributed by atoms with Gasteiger partial charge in [-0.25, -0.2) is 0 Å². The number of benzene rings is 2. The second-order valence-corrected chi connectivity index (χ2v) is 5.27. The van der Waals surface area contributed by atoms with Crippen LogP contribution in [0.1, 0.15) is 23.6 Å². The minimum Gasteiger partial charge on any atom is -0.457 e. The lowest BCUT2D eigenvalue weighted by Gasteiger charge is -2.11. The standard InChI is InChI=1S/C16H19OP/c1-4-13-5-6-15(16(18)10-13)17-14-8-11(2)7-12(3)9-14/h5-10H,4,18H2,1-3H3. The van der Waals surface area contributed by atoms with E-state index in [0.717, 1.165) is 23.2 Å². The Kier molecular flexibility index (Phi) is 4.04. The highest BCUT2D eigenvalue weighted by molar-refractivity contribution is 7.27. The molecule has 0 radical (unpaired) electrons. The summed E-state index contributed by atoms with van der Waals surface area (Å²) in [4.78, 5) is 0. The first-order chi connectivity index (χ1) is 8.58. The summed E-state index contributed by atoms with van der Waals surface area (Å²) in [7, 11) is 2.74. The zero-order valence-corrected chi connectivity index (χ0v) is 12.3. The monoisotopic (exact) mass is 258 g/mol. The van der Waals surface area contributed by atoms with E-state index in [1.54, 1.807) is 0 Å². The Morgan fingerprint density at radius 1 is 1.00 bits per heavy atom. The van der Waals surface area contributed by atoms with Crippen LogP contribution in [0.15, 0.2) is 36.4 Å². The number of hydrogen-bond acceptors (Lipinski definition) is 1. The van der Waals surface area contributed by atoms with Crippen molar-refractivity contribution in [2.24, 2.45) is 0 Å². The predicted octanol–water partition coefficient (Wildman–Crippen LogP) is 4.16. The molecule has 2 aromatic carbocycles. The molecule has 0 spiro atoms. The summed E-state index contributed by atoms with van der Waals surface area (Å²) in [6, 6.07) is 12.6. The highest BCUT2D eigenvalue weighted by atomic mass is 31.0. The van der Waals surface area contributed by atoms with Crippen LogP contribution < -0.4 is 10.0 Å². The van der Waals surface area contributed by atoms with Gasteiger partial charge in [0.1, 0.15) is 11.5 Å². The third-order valence-corrected chi connectivity index (χ3v) is 3.36. The molecule has 0 N–H and O–H groups in total. The maximum atomic E-state index is 5.95. The highest BCUT2D eigenvalue weighted by Gasteiger charge is 2.03. The molecule has 0 fully saturated rings. The Morgan fingerprint density at radius 3 is 2.22 bits per heavy atom. The molecule has 0 saturated heterocycles. The summed E-state index contributed by atoms with van der Waals surface area (Å²) >= 11 is 0. The van der Waals surface area contributed by atoms with Crippen LogP contribution in [0.5, 0.6) is 11.5 Å². The molecule has 2 heteroatoms. The van der Waals surface area contributed by atoms with E-state index in [2.05, 4.69) is 60.3 Å². The molecule has 0 aliphatic heterocycles. The average molecular weight is 258 g/mol. The second kappa shape index (κ2) is 5.54. The van der Waals surface area contributed by atoms with Crippen LogP contribution in [0, 0.1) is 13.8 Å². The first-order valence-electron chi connectivity index (χ1n) is 6.23. The van der Waals surface area contributed by atoms with Crippen molar-refractivity contribution in [3.8, 4) is 11.5 Å². The van der Waals surface area contributed by atoms with Gasteiger partial charge in [-0.1, -0.05) is 19.1 Å². The number of hydrogen-bond donors (Lipinski definition) is 0. The van der Waals surface area contributed by atoms with E-state index < -0.39 is 0 Å². The van der Waals surface area contributed by atoms with E-state index in [9.17, 15) is 0 Å². The van der Waals surface area contributed by atoms with Gasteiger partial charge in [-0.2, -0.15) is 0 Å².